The van der Waals surface area contributed by atoms with Gasteiger partial charge in [0.05, 0.1) is 16.3 Å². The fraction of sp³-hybridized carbons (Fsp3) is 0.306. The summed E-state index contributed by atoms with van der Waals surface area (Å²) in [4.78, 5) is 14.2. The third kappa shape index (κ3) is 6.20. The molecule has 10 nitrogen and oxygen atoms in total. The maximum atomic E-state index is 9.87. The highest BCUT2D eigenvalue weighted by molar-refractivity contribution is 7.22. The van der Waals surface area contributed by atoms with Crippen LogP contribution in [0.2, 0.25) is 5.02 Å². The van der Waals surface area contributed by atoms with E-state index in [-0.39, 0.29) is 6.79 Å². The van der Waals surface area contributed by atoms with Gasteiger partial charge in [0.1, 0.15) is 16.5 Å². The lowest BCUT2D eigenvalue weighted by molar-refractivity contribution is 0.174. The zero-order valence-corrected chi connectivity index (χ0v) is 27.9. The Morgan fingerprint density at radius 3 is 2.60 bits per heavy atom. The number of nitrogens with two attached hydrogens (primary N) is 1. The zero-order chi connectivity index (χ0) is 32.6. The smallest absolute Gasteiger partial charge is 0.231 e. The van der Waals surface area contributed by atoms with Crippen LogP contribution in [0.15, 0.2) is 60.8 Å². The number of pyridine rings is 1. The molecule has 8 rings (SSSR count). The second kappa shape index (κ2) is 13.1. The summed E-state index contributed by atoms with van der Waals surface area (Å²) < 4.78 is 11.9. The van der Waals surface area contributed by atoms with Crippen LogP contribution in [0.5, 0.6) is 11.5 Å². The van der Waals surface area contributed by atoms with Gasteiger partial charge in [0.2, 0.25) is 6.79 Å². The van der Waals surface area contributed by atoms with Gasteiger partial charge in [-0.25, -0.2) is 4.98 Å². The van der Waals surface area contributed by atoms with Crippen LogP contribution < -0.4 is 25.8 Å². The molecule has 244 valence electrons. The number of hydrogen-bond donors (Lipinski definition) is 3. The molecule has 0 aliphatic carbocycles. The number of thiazole rings is 1. The summed E-state index contributed by atoms with van der Waals surface area (Å²) in [6, 6.07) is 20.8. The van der Waals surface area contributed by atoms with Crippen LogP contribution >= 0.6 is 22.9 Å². The minimum absolute atomic E-state index is 0.107. The van der Waals surface area contributed by atoms with Crippen LogP contribution in [0, 0.1) is 11.3 Å². The van der Waals surface area contributed by atoms with Crippen molar-refractivity contribution in [1.82, 2.24) is 19.8 Å². The van der Waals surface area contributed by atoms with Crippen LogP contribution in [0.1, 0.15) is 47.4 Å². The molecular weight excluding hydrogens is 644 g/mol. The molecule has 2 aromatic heterocycles. The highest BCUT2D eigenvalue weighted by Gasteiger charge is 2.26. The molecule has 3 aliphatic heterocycles. The molecule has 0 radical (unpaired) electrons. The van der Waals surface area contributed by atoms with Crippen molar-refractivity contribution in [1.29, 1.82) is 5.26 Å². The Hall–Kier alpha value is -4.60. The predicted molar refractivity (Wildman–Crippen MR) is 191 cm³/mol. The summed E-state index contributed by atoms with van der Waals surface area (Å²) in [6.45, 7) is 6.47. The van der Waals surface area contributed by atoms with Gasteiger partial charge in [-0.1, -0.05) is 47.2 Å². The van der Waals surface area contributed by atoms with Crippen molar-refractivity contribution < 1.29 is 9.47 Å². The number of hydrogen-bond acceptors (Lipinski definition) is 11. The number of rotatable bonds is 9. The summed E-state index contributed by atoms with van der Waals surface area (Å²) in [5, 5.41) is 17.7. The lowest BCUT2D eigenvalue weighted by Gasteiger charge is -2.19. The molecule has 1 unspecified atom stereocenters. The SMILES string of the molecule is N#Cc1cnc2nc(Nc3ccc(CN4CCC(c5cc(CN6CCCC6)ccc5N)C4)cc3)sc2c1Nc1c(Cl)ccc2c1OCO2. The number of anilines is 5. The molecule has 0 spiro atoms. The van der Waals surface area contributed by atoms with Crippen LogP contribution in [0.25, 0.3) is 10.3 Å². The number of benzene rings is 3. The van der Waals surface area contributed by atoms with Crippen molar-refractivity contribution in [3.05, 3.63) is 88.1 Å². The van der Waals surface area contributed by atoms with E-state index in [0.29, 0.717) is 50.2 Å². The Labute approximate surface area is 288 Å². The first-order valence-corrected chi connectivity index (χ1v) is 17.4. The van der Waals surface area contributed by atoms with Crippen molar-refractivity contribution in [2.24, 2.45) is 0 Å². The molecule has 2 fully saturated rings. The zero-order valence-electron chi connectivity index (χ0n) is 26.3. The maximum absolute atomic E-state index is 9.87. The van der Waals surface area contributed by atoms with Gasteiger partial charge < -0.3 is 25.8 Å². The average molecular weight is 679 g/mol. The Morgan fingerprint density at radius 2 is 1.77 bits per heavy atom. The molecule has 4 N–H and O–H groups in total. The van der Waals surface area contributed by atoms with Gasteiger partial charge in [-0.3, -0.25) is 9.80 Å². The monoisotopic (exact) mass is 678 g/mol. The van der Waals surface area contributed by atoms with E-state index < -0.39 is 0 Å². The molecule has 48 heavy (non-hydrogen) atoms. The third-order valence-electron chi connectivity index (χ3n) is 9.36. The average Bonchev–Trinajstić information content (AvgIpc) is 3.92. The van der Waals surface area contributed by atoms with E-state index in [1.807, 2.05) is 0 Å². The Kier molecular flexibility index (Phi) is 8.40. The van der Waals surface area contributed by atoms with E-state index in [4.69, 9.17) is 31.8 Å². The van der Waals surface area contributed by atoms with E-state index in [0.717, 1.165) is 48.7 Å². The van der Waals surface area contributed by atoms with Gasteiger partial charge in [-0.2, -0.15) is 10.2 Å². The molecule has 0 amide bonds. The second-order valence-corrected chi connectivity index (χ2v) is 14.0. The molecule has 2 saturated heterocycles. The normalized spacial score (nSPS) is 17.6. The molecule has 12 heteroatoms. The number of nitrogens with one attached hydrogen (secondary N) is 2. The van der Waals surface area contributed by atoms with Gasteiger partial charge in [0, 0.05) is 37.2 Å². The van der Waals surface area contributed by atoms with Crippen molar-refractivity contribution in [3.63, 3.8) is 0 Å². The summed E-state index contributed by atoms with van der Waals surface area (Å²) in [5.74, 6) is 1.56. The number of nitrogen functional groups attached to an aromatic ring is 1. The fourth-order valence-corrected chi connectivity index (χ4v) is 8.05. The van der Waals surface area contributed by atoms with Gasteiger partial charge in [-0.15, -0.1) is 0 Å². The summed E-state index contributed by atoms with van der Waals surface area (Å²) in [7, 11) is 0. The first kappa shape index (κ1) is 30.7. The largest absolute Gasteiger partial charge is 0.454 e. The van der Waals surface area contributed by atoms with E-state index in [2.05, 4.69) is 74.0 Å². The maximum Gasteiger partial charge on any atom is 0.231 e. The number of likely N-dealkylation sites (tertiary alicyclic amines) is 2. The van der Waals surface area contributed by atoms with Gasteiger partial charge in [0.25, 0.3) is 0 Å². The molecule has 1 atom stereocenters. The standard InChI is InChI=1S/C36H35ClN8O2S/c37-28-8-10-30-33(47-21-46-30)32(28)42-31-25(16-38)17-40-35-34(31)48-36(43-35)41-26-6-3-22(4-7-26)18-45-14-11-24(20-45)27-15-23(5-9-29(27)39)19-44-12-1-2-13-44/h3-10,15,17,24H,1-2,11-14,18-21,39H2,(H2,40,41,42,43). The molecular formula is C36H35ClN8O2S. The number of fused-ring (bicyclic) bond motifs is 2. The topological polar surface area (TPSA) is 125 Å². The molecule has 3 aromatic carbocycles. The Bertz CT molecular complexity index is 2020. The van der Waals surface area contributed by atoms with Crippen molar-refractivity contribution >= 4 is 61.2 Å². The van der Waals surface area contributed by atoms with Crippen molar-refractivity contribution in [3.8, 4) is 17.6 Å². The number of halogens is 1. The van der Waals surface area contributed by atoms with Crippen molar-refractivity contribution in [2.75, 3.05) is 49.3 Å². The highest BCUT2D eigenvalue weighted by Crippen LogP contribution is 2.46. The van der Waals surface area contributed by atoms with E-state index in [1.54, 1.807) is 12.1 Å². The predicted octanol–water partition coefficient (Wildman–Crippen LogP) is 7.60. The van der Waals surface area contributed by atoms with Crippen LogP contribution in [-0.2, 0) is 13.1 Å². The van der Waals surface area contributed by atoms with Crippen LogP contribution in [0.4, 0.5) is 27.9 Å². The number of nitrogens with zero attached hydrogens (tertiary/aromatic N) is 5. The van der Waals surface area contributed by atoms with E-state index in [1.165, 1.54) is 60.2 Å². The lowest BCUT2D eigenvalue weighted by atomic mass is 9.94. The number of ether oxygens (including phenoxy) is 2. The minimum atomic E-state index is 0.107. The number of aromatic nitrogens is 2. The van der Waals surface area contributed by atoms with Gasteiger partial charge in [-0.05, 0) is 91.8 Å². The highest BCUT2D eigenvalue weighted by atomic mass is 35.5. The Balaban J connectivity index is 0.936. The van der Waals surface area contributed by atoms with Crippen molar-refractivity contribution in [2.45, 2.75) is 38.3 Å². The third-order valence-corrected chi connectivity index (χ3v) is 10.7. The van der Waals surface area contributed by atoms with Crippen LogP contribution in [0.3, 0.4) is 0 Å². The first-order valence-electron chi connectivity index (χ1n) is 16.2. The summed E-state index contributed by atoms with van der Waals surface area (Å²) in [6.07, 6.45) is 5.24. The van der Waals surface area contributed by atoms with E-state index >= 15 is 0 Å². The Morgan fingerprint density at radius 1 is 0.958 bits per heavy atom. The quantitative estimate of drug-likeness (QED) is 0.134. The minimum Gasteiger partial charge on any atom is -0.454 e. The molecule has 5 heterocycles. The van der Waals surface area contributed by atoms with Crippen LogP contribution in [-0.4, -0.2) is 52.7 Å². The molecule has 0 saturated carbocycles. The van der Waals surface area contributed by atoms with Gasteiger partial charge in [0.15, 0.2) is 22.3 Å². The van der Waals surface area contributed by atoms with E-state index in [9.17, 15) is 5.26 Å². The fourth-order valence-electron chi connectivity index (χ4n) is 6.91. The molecule has 0 bridgehead atoms. The second-order valence-electron chi connectivity index (χ2n) is 12.6. The summed E-state index contributed by atoms with van der Waals surface area (Å²) >= 11 is 7.94. The summed E-state index contributed by atoms with van der Waals surface area (Å²) in [5.41, 5.74) is 14.2. The van der Waals surface area contributed by atoms with Gasteiger partial charge >= 0.3 is 0 Å². The molecule has 3 aliphatic rings. The molecule has 5 aromatic rings. The first-order chi connectivity index (χ1) is 23.5. The lowest BCUT2D eigenvalue weighted by Crippen LogP contribution is -2.20. The number of nitriles is 1.